The molecule has 12 nitrogen and oxygen atoms in total. The average molecular weight is 576 g/mol. The molecule has 0 spiro atoms. The number of nitriles is 1. The van der Waals surface area contributed by atoms with Gasteiger partial charge in [0, 0.05) is 54.4 Å². The van der Waals surface area contributed by atoms with Crippen molar-refractivity contribution in [2.45, 2.75) is 31.8 Å². The number of unbranched alkanes of at least 4 members (excludes halogenated alkanes) is 1. The number of benzene rings is 2. The second kappa shape index (κ2) is 13.7. The number of furan rings is 1. The molecule has 1 amide bonds. The lowest BCUT2D eigenvalue weighted by molar-refractivity contribution is -0.152. The highest BCUT2D eigenvalue weighted by molar-refractivity contribution is 5.95. The van der Waals surface area contributed by atoms with E-state index in [1.165, 1.54) is 10.9 Å². The third kappa shape index (κ3) is 7.66. The predicted octanol–water partition coefficient (Wildman–Crippen LogP) is 2.94. The Morgan fingerprint density at radius 3 is 2.45 bits per heavy atom. The molecule has 1 aliphatic rings. The summed E-state index contributed by atoms with van der Waals surface area (Å²) in [6.45, 7) is 5.13. The van der Waals surface area contributed by atoms with E-state index in [-0.39, 0.29) is 5.76 Å². The molecule has 3 heterocycles. The number of aryl methyl sites for hydroxylation is 1. The van der Waals surface area contributed by atoms with Gasteiger partial charge in [-0.15, -0.1) is 0 Å². The topological polar surface area (TPSA) is 197 Å². The van der Waals surface area contributed by atoms with Crippen molar-refractivity contribution in [3.05, 3.63) is 65.5 Å². The number of amides is 1. The van der Waals surface area contributed by atoms with Crippen LogP contribution < -0.4 is 10.6 Å². The van der Waals surface area contributed by atoms with Crippen molar-refractivity contribution in [3.8, 4) is 6.07 Å². The monoisotopic (exact) mass is 575 g/mol. The van der Waals surface area contributed by atoms with Crippen molar-refractivity contribution >= 4 is 45.4 Å². The minimum atomic E-state index is -1.79. The first-order valence-corrected chi connectivity index (χ1v) is 13.6. The summed E-state index contributed by atoms with van der Waals surface area (Å²) in [6.07, 6.45) is 2.84. The number of carbonyl (C=O) groups excluding carboxylic acids is 1. The van der Waals surface area contributed by atoms with Gasteiger partial charge < -0.3 is 35.4 Å². The fourth-order valence-electron chi connectivity index (χ4n) is 4.94. The van der Waals surface area contributed by atoms with Crippen LogP contribution in [0.4, 0.5) is 5.69 Å². The number of nitrogens with zero attached hydrogens (tertiary/aromatic N) is 3. The summed E-state index contributed by atoms with van der Waals surface area (Å²) in [5.74, 6) is -3.19. The molecule has 1 saturated heterocycles. The highest BCUT2D eigenvalue weighted by atomic mass is 16.4. The number of nitrogens with two attached hydrogens (primary N) is 1. The predicted molar refractivity (Wildman–Crippen MR) is 155 cm³/mol. The Labute approximate surface area is 241 Å². The summed E-state index contributed by atoms with van der Waals surface area (Å²) in [6, 6.07) is 15.8. The fraction of sp³-hybridized carbons (Fsp3) is 0.333. The quantitative estimate of drug-likeness (QED) is 0.175. The molecule has 1 aliphatic heterocycles. The van der Waals surface area contributed by atoms with Crippen LogP contribution in [0.2, 0.25) is 0 Å². The Morgan fingerprint density at radius 1 is 1.05 bits per heavy atom. The Bertz CT molecular complexity index is 1610. The molecule has 0 aliphatic carbocycles. The summed E-state index contributed by atoms with van der Waals surface area (Å²) in [4.78, 5) is 39.0. The third-order valence-electron chi connectivity index (χ3n) is 7.20. The van der Waals surface area contributed by atoms with Crippen LogP contribution >= 0.6 is 0 Å². The molecule has 1 atom stereocenters. The Balaban J connectivity index is 0.000000392. The highest BCUT2D eigenvalue weighted by Crippen LogP contribution is 2.26. The number of rotatable bonds is 10. The van der Waals surface area contributed by atoms with Gasteiger partial charge in [0.2, 0.25) is 0 Å². The number of carboxylic acids is 2. The summed E-state index contributed by atoms with van der Waals surface area (Å²) in [5, 5.41) is 35.4. The van der Waals surface area contributed by atoms with Crippen molar-refractivity contribution < 1.29 is 34.1 Å². The lowest BCUT2D eigenvalue weighted by Crippen LogP contribution is -2.46. The van der Waals surface area contributed by atoms with E-state index in [1.54, 1.807) is 6.07 Å². The van der Waals surface area contributed by atoms with Crippen molar-refractivity contribution in [3.63, 3.8) is 0 Å². The number of carbonyl (C=O) groups is 3. The smallest absolute Gasteiger partial charge is 0.333 e. The van der Waals surface area contributed by atoms with Crippen LogP contribution in [0.3, 0.4) is 0 Å². The summed E-state index contributed by atoms with van der Waals surface area (Å²) >= 11 is 0. The average Bonchev–Trinajstić information content (AvgIpc) is 3.59. The van der Waals surface area contributed by atoms with E-state index in [1.807, 2.05) is 30.3 Å². The number of anilines is 1. The van der Waals surface area contributed by atoms with Gasteiger partial charge in [-0.05, 0) is 73.8 Å². The third-order valence-corrected chi connectivity index (χ3v) is 7.20. The number of aromatic amines is 1. The molecule has 220 valence electrons. The number of nitrogens with one attached hydrogen (secondary N) is 1. The second-order valence-corrected chi connectivity index (χ2v) is 10.1. The van der Waals surface area contributed by atoms with Gasteiger partial charge >= 0.3 is 11.9 Å². The lowest BCUT2D eigenvalue weighted by atomic mass is 10.1. The Hall–Kier alpha value is -4.86. The van der Waals surface area contributed by atoms with Gasteiger partial charge in [0.1, 0.15) is 5.58 Å². The van der Waals surface area contributed by atoms with Crippen LogP contribution in [0.1, 0.15) is 40.9 Å². The number of aliphatic hydroxyl groups is 1. The van der Waals surface area contributed by atoms with E-state index in [9.17, 15) is 14.4 Å². The van der Waals surface area contributed by atoms with Gasteiger partial charge in [0.15, 0.2) is 11.9 Å². The van der Waals surface area contributed by atoms with Crippen LogP contribution in [-0.4, -0.2) is 81.9 Å². The molecule has 2 aromatic carbocycles. The number of fused-ring (bicyclic) bond motifs is 2. The molecule has 42 heavy (non-hydrogen) atoms. The van der Waals surface area contributed by atoms with Crippen LogP contribution in [0.5, 0.6) is 0 Å². The zero-order valence-electron chi connectivity index (χ0n) is 23.0. The SMILES string of the molecule is N#Cc1ccc2[nH]cc(CCCCN3CCN(c4ccc5oc(C(N)=O)cc5c4)CC3)c2c1.O=C(O)CC(O)C(=O)O. The van der Waals surface area contributed by atoms with E-state index in [2.05, 4.69) is 33.1 Å². The summed E-state index contributed by atoms with van der Waals surface area (Å²) < 4.78 is 5.49. The molecule has 2 aromatic heterocycles. The fourth-order valence-corrected chi connectivity index (χ4v) is 4.94. The van der Waals surface area contributed by atoms with Gasteiger partial charge in [-0.3, -0.25) is 14.5 Å². The largest absolute Gasteiger partial charge is 0.481 e. The van der Waals surface area contributed by atoms with Crippen molar-refractivity contribution in [1.82, 2.24) is 9.88 Å². The molecule has 1 fully saturated rings. The van der Waals surface area contributed by atoms with Gasteiger partial charge in [-0.1, -0.05) is 0 Å². The maximum Gasteiger partial charge on any atom is 0.333 e. The van der Waals surface area contributed by atoms with Crippen LogP contribution in [0, 0.1) is 11.3 Å². The normalized spacial score (nSPS) is 14.2. The number of aliphatic hydroxyl groups excluding tert-OH is 1. The molecule has 6 N–H and O–H groups in total. The lowest BCUT2D eigenvalue weighted by Gasteiger charge is -2.36. The number of aromatic nitrogens is 1. The Morgan fingerprint density at radius 2 is 1.81 bits per heavy atom. The minimum absolute atomic E-state index is 0.199. The molecule has 12 heteroatoms. The molecule has 5 rings (SSSR count). The molecule has 0 bridgehead atoms. The van der Waals surface area contributed by atoms with Crippen LogP contribution in [-0.2, 0) is 16.0 Å². The first-order valence-electron chi connectivity index (χ1n) is 13.6. The number of aliphatic carboxylic acids is 2. The molecular weight excluding hydrogens is 542 g/mol. The van der Waals surface area contributed by atoms with E-state index in [0.29, 0.717) is 11.1 Å². The standard InChI is InChI=1S/C26H27N5O2.C4H6O5/c27-16-18-4-6-23-22(13-18)19(17-29-23)3-1-2-8-30-9-11-31(12-10-30)21-5-7-24-20(14-21)15-25(33-24)26(28)32;5-2(4(8)9)1-3(6)7/h4-7,13-15,17,29H,1-3,8-12H2,(H2,28,32);2,5H,1H2,(H,6,7)(H,8,9). The molecular formula is C30H33N5O7. The number of H-pyrrole nitrogens is 1. The maximum absolute atomic E-state index is 11.4. The van der Waals surface area contributed by atoms with Crippen molar-refractivity contribution in [1.29, 1.82) is 5.26 Å². The van der Waals surface area contributed by atoms with Gasteiger partial charge in [0.25, 0.3) is 5.91 Å². The minimum Gasteiger partial charge on any atom is -0.481 e. The van der Waals surface area contributed by atoms with Gasteiger partial charge in [-0.2, -0.15) is 5.26 Å². The van der Waals surface area contributed by atoms with Crippen LogP contribution in [0.15, 0.2) is 53.1 Å². The molecule has 4 aromatic rings. The number of hydrogen-bond donors (Lipinski definition) is 5. The van der Waals surface area contributed by atoms with Gasteiger partial charge in [-0.25, -0.2) is 4.79 Å². The van der Waals surface area contributed by atoms with E-state index in [0.717, 1.165) is 68.6 Å². The van der Waals surface area contributed by atoms with Crippen LogP contribution in [0.25, 0.3) is 21.9 Å². The molecule has 0 saturated carbocycles. The zero-order valence-corrected chi connectivity index (χ0v) is 23.0. The first-order chi connectivity index (χ1) is 20.1. The Kier molecular flexibility index (Phi) is 9.80. The highest BCUT2D eigenvalue weighted by Gasteiger charge is 2.18. The van der Waals surface area contributed by atoms with Crippen molar-refractivity contribution in [2.24, 2.45) is 5.73 Å². The van der Waals surface area contributed by atoms with Gasteiger partial charge in [0.05, 0.1) is 18.1 Å². The first kappa shape index (κ1) is 30.1. The summed E-state index contributed by atoms with van der Waals surface area (Å²) in [7, 11) is 0. The second-order valence-electron chi connectivity index (χ2n) is 10.1. The summed E-state index contributed by atoms with van der Waals surface area (Å²) in [5.41, 5.74) is 10.3. The molecule has 0 radical (unpaired) electrons. The molecule has 1 unspecified atom stereocenters. The van der Waals surface area contributed by atoms with E-state index < -0.39 is 30.4 Å². The maximum atomic E-state index is 11.4. The van der Waals surface area contributed by atoms with E-state index in [4.69, 9.17) is 30.7 Å². The number of piperazine rings is 1. The van der Waals surface area contributed by atoms with Crippen molar-refractivity contribution in [2.75, 3.05) is 37.6 Å². The zero-order chi connectivity index (χ0) is 30.2. The van der Waals surface area contributed by atoms with E-state index >= 15 is 0 Å². The number of carboxylic acid groups (broad SMARTS) is 2. The number of hydrogen-bond acceptors (Lipinski definition) is 8. The number of primary amides is 1.